The Kier molecular flexibility index (Phi) is 5.09. The van der Waals surface area contributed by atoms with E-state index in [1.165, 1.54) is 42.6 Å². The van der Waals surface area contributed by atoms with Crippen LogP contribution in [0.15, 0.2) is 69.2 Å². The smallest absolute Gasteiger partial charge is 0.296 e. The van der Waals surface area contributed by atoms with Crippen molar-refractivity contribution in [3.63, 3.8) is 0 Å². The van der Waals surface area contributed by atoms with Crippen LogP contribution in [0, 0.1) is 10.1 Å². The van der Waals surface area contributed by atoms with E-state index in [0.717, 1.165) is 11.3 Å². The number of thiazole rings is 1. The lowest BCUT2D eigenvalue weighted by molar-refractivity contribution is -0.384. The van der Waals surface area contributed by atoms with Crippen molar-refractivity contribution in [2.24, 2.45) is 10.2 Å². The third-order valence-corrected chi connectivity index (χ3v) is 5.46. The van der Waals surface area contributed by atoms with Gasteiger partial charge in [-0.05, 0) is 24.3 Å². The van der Waals surface area contributed by atoms with Gasteiger partial charge in [0, 0.05) is 17.6 Å². The zero-order valence-corrected chi connectivity index (χ0v) is 15.1. The Morgan fingerprint density at radius 1 is 1.15 bits per heavy atom. The number of nitro benzene ring substituents is 1. The average Bonchev–Trinajstić information content (AvgIpc) is 3.13. The molecule has 0 aliphatic heterocycles. The molecule has 0 bridgehead atoms. The molecular weight excluding hydrogens is 392 g/mol. The number of nitrogen functional groups attached to an aromatic ring is 1. The van der Waals surface area contributed by atoms with E-state index < -0.39 is 14.9 Å². The Morgan fingerprint density at radius 3 is 2.59 bits per heavy atom. The number of nitrogens with two attached hydrogens (primary N) is 1. The summed E-state index contributed by atoms with van der Waals surface area (Å²) < 4.78 is 27.2. The average molecular weight is 404 g/mol. The van der Waals surface area contributed by atoms with Gasteiger partial charge in [0.2, 0.25) is 0 Å². The SMILES string of the molecule is Nc1ccc(S(=O)(=O)Nc2nccs2)cc1N=Nc1ccccc1[N+](=O)[O-]. The lowest BCUT2D eigenvalue weighted by atomic mass is 10.3. The van der Waals surface area contributed by atoms with Gasteiger partial charge < -0.3 is 5.73 Å². The molecule has 0 saturated heterocycles. The summed E-state index contributed by atoms with van der Waals surface area (Å²) in [6.07, 6.45) is 1.47. The van der Waals surface area contributed by atoms with Crippen LogP contribution >= 0.6 is 11.3 Å². The highest BCUT2D eigenvalue weighted by Gasteiger charge is 2.17. The number of anilines is 2. The maximum atomic E-state index is 12.4. The van der Waals surface area contributed by atoms with Crippen molar-refractivity contribution in [1.29, 1.82) is 0 Å². The molecule has 0 fully saturated rings. The van der Waals surface area contributed by atoms with Crippen molar-refractivity contribution in [3.05, 3.63) is 64.2 Å². The number of sulfonamides is 1. The molecular formula is C15H12N6O4S2. The molecule has 27 heavy (non-hydrogen) atoms. The minimum Gasteiger partial charge on any atom is -0.397 e. The van der Waals surface area contributed by atoms with Crippen molar-refractivity contribution in [3.8, 4) is 0 Å². The van der Waals surface area contributed by atoms with Crippen molar-refractivity contribution in [1.82, 2.24) is 4.98 Å². The topological polar surface area (TPSA) is 153 Å². The van der Waals surface area contributed by atoms with Gasteiger partial charge in [0.1, 0.15) is 5.69 Å². The van der Waals surface area contributed by atoms with E-state index in [9.17, 15) is 18.5 Å². The Morgan fingerprint density at radius 2 is 1.89 bits per heavy atom. The van der Waals surface area contributed by atoms with Gasteiger partial charge >= 0.3 is 0 Å². The minimum atomic E-state index is -3.89. The summed E-state index contributed by atoms with van der Waals surface area (Å²) in [4.78, 5) is 14.2. The maximum Gasteiger partial charge on any atom is 0.296 e. The third-order valence-electron chi connectivity index (χ3n) is 3.31. The molecule has 0 aliphatic carbocycles. The van der Waals surface area contributed by atoms with E-state index in [1.54, 1.807) is 11.4 Å². The molecule has 0 aliphatic rings. The summed E-state index contributed by atoms with van der Waals surface area (Å²) in [5.41, 5.74) is 5.85. The standard InChI is InChI=1S/C15H12N6O4S2/c16-11-6-5-10(27(24,25)20-15-17-7-8-26-15)9-13(11)19-18-12-3-1-2-4-14(12)21(22)23/h1-9H,16H2,(H,17,20). The lowest BCUT2D eigenvalue weighted by Crippen LogP contribution is -2.12. The molecule has 138 valence electrons. The Labute approximate surface area is 157 Å². The fourth-order valence-electron chi connectivity index (χ4n) is 2.04. The molecule has 0 radical (unpaired) electrons. The van der Waals surface area contributed by atoms with Crippen molar-refractivity contribution in [2.75, 3.05) is 10.5 Å². The van der Waals surface area contributed by atoms with Gasteiger partial charge in [-0.25, -0.2) is 13.4 Å². The number of para-hydroxylation sites is 1. The van der Waals surface area contributed by atoms with Gasteiger partial charge in [0.05, 0.1) is 15.5 Å². The fraction of sp³-hybridized carbons (Fsp3) is 0. The van der Waals surface area contributed by atoms with E-state index in [1.807, 2.05) is 0 Å². The van der Waals surface area contributed by atoms with Gasteiger partial charge in [0.15, 0.2) is 10.8 Å². The first-order valence-corrected chi connectivity index (χ1v) is 9.70. The number of rotatable bonds is 6. The minimum absolute atomic E-state index is 0.0241. The zero-order valence-electron chi connectivity index (χ0n) is 13.5. The molecule has 0 unspecified atom stereocenters. The number of aromatic nitrogens is 1. The lowest BCUT2D eigenvalue weighted by Gasteiger charge is -2.07. The molecule has 2 aromatic carbocycles. The summed E-state index contributed by atoms with van der Waals surface area (Å²) >= 11 is 1.13. The Bertz CT molecular complexity index is 1110. The van der Waals surface area contributed by atoms with Crippen LogP contribution in [0.3, 0.4) is 0 Å². The number of hydrogen-bond donors (Lipinski definition) is 2. The number of nitro groups is 1. The molecule has 3 N–H and O–H groups in total. The van der Waals surface area contributed by atoms with Crippen LogP contribution in [0.25, 0.3) is 0 Å². The summed E-state index contributed by atoms with van der Waals surface area (Å²) in [5, 5.41) is 20.6. The quantitative estimate of drug-likeness (QED) is 0.275. The molecule has 12 heteroatoms. The summed E-state index contributed by atoms with van der Waals surface area (Å²) in [7, 11) is -3.89. The predicted molar refractivity (Wildman–Crippen MR) is 101 cm³/mol. The monoisotopic (exact) mass is 404 g/mol. The number of azo groups is 1. The van der Waals surface area contributed by atoms with Crippen LogP contribution in [0.5, 0.6) is 0 Å². The highest BCUT2D eigenvalue weighted by Crippen LogP contribution is 2.31. The highest BCUT2D eigenvalue weighted by molar-refractivity contribution is 7.93. The predicted octanol–water partition coefficient (Wildman–Crippen LogP) is 3.85. The van der Waals surface area contributed by atoms with Crippen LogP contribution < -0.4 is 10.5 Å². The Hall–Kier alpha value is -3.38. The summed E-state index contributed by atoms with van der Waals surface area (Å²) in [5.74, 6) is 0. The van der Waals surface area contributed by atoms with Crippen LogP contribution in [0.1, 0.15) is 0 Å². The van der Waals surface area contributed by atoms with Gasteiger partial charge in [-0.2, -0.15) is 0 Å². The first kappa shape index (κ1) is 18.4. The highest BCUT2D eigenvalue weighted by atomic mass is 32.2. The van der Waals surface area contributed by atoms with Gasteiger partial charge in [-0.1, -0.05) is 12.1 Å². The van der Waals surface area contributed by atoms with Crippen molar-refractivity contribution in [2.45, 2.75) is 4.90 Å². The van der Waals surface area contributed by atoms with Crippen molar-refractivity contribution < 1.29 is 13.3 Å². The first-order chi connectivity index (χ1) is 12.9. The second-order valence-corrected chi connectivity index (χ2v) is 7.69. The molecule has 10 nitrogen and oxygen atoms in total. The van der Waals surface area contributed by atoms with Crippen LogP contribution in [0.4, 0.5) is 27.9 Å². The zero-order chi connectivity index (χ0) is 19.4. The number of nitrogens with one attached hydrogen (secondary N) is 1. The molecule has 1 heterocycles. The summed E-state index contributed by atoms with van der Waals surface area (Å²) in [6.45, 7) is 0. The second-order valence-electron chi connectivity index (χ2n) is 5.11. The Balaban J connectivity index is 1.94. The van der Waals surface area contributed by atoms with Crippen LogP contribution in [-0.2, 0) is 10.0 Å². The van der Waals surface area contributed by atoms with E-state index >= 15 is 0 Å². The maximum absolute atomic E-state index is 12.4. The molecule has 0 saturated carbocycles. The molecule has 1 aromatic heterocycles. The first-order valence-electron chi connectivity index (χ1n) is 7.34. The van der Waals surface area contributed by atoms with E-state index in [2.05, 4.69) is 19.9 Å². The van der Waals surface area contributed by atoms with Crippen LogP contribution in [-0.4, -0.2) is 18.3 Å². The van der Waals surface area contributed by atoms with Crippen LogP contribution in [0.2, 0.25) is 0 Å². The second kappa shape index (κ2) is 7.47. The van der Waals surface area contributed by atoms with Gasteiger partial charge in [0.25, 0.3) is 15.7 Å². The molecule has 3 aromatic rings. The van der Waals surface area contributed by atoms with Crippen molar-refractivity contribution >= 4 is 49.2 Å². The molecule has 0 amide bonds. The number of nitrogens with zero attached hydrogens (tertiary/aromatic N) is 4. The number of hydrogen-bond acceptors (Lipinski definition) is 9. The summed E-state index contributed by atoms with van der Waals surface area (Å²) in [6, 6.07) is 9.69. The van der Waals surface area contributed by atoms with E-state index in [0.29, 0.717) is 0 Å². The normalized spacial score (nSPS) is 11.6. The number of benzene rings is 2. The largest absolute Gasteiger partial charge is 0.397 e. The molecule has 3 rings (SSSR count). The third kappa shape index (κ3) is 4.24. The van der Waals surface area contributed by atoms with E-state index in [4.69, 9.17) is 5.73 Å². The molecule has 0 spiro atoms. The van der Waals surface area contributed by atoms with Gasteiger partial charge in [-0.3, -0.25) is 14.8 Å². The molecule has 0 atom stereocenters. The fourth-order valence-corrected chi connectivity index (χ4v) is 3.84. The van der Waals surface area contributed by atoms with E-state index in [-0.39, 0.29) is 32.8 Å². The van der Waals surface area contributed by atoms with Gasteiger partial charge in [-0.15, -0.1) is 21.6 Å².